The Bertz CT molecular complexity index is 588. The van der Waals surface area contributed by atoms with Crippen LogP contribution in [0.5, 0.6) is 0 Å². The maximum Gasteiger partial charge on any atom is 0.310 e. The number of halogens is 1. The van der Waals surface area contributed by atoms with Gasteiger partial charge in [0.05, 0.1) is 6.42 Å². The van der Waals surface area contributed by atoms with Crippen molar-refractivity contribution in [3.63, 3.8) is 0 Å². The summed E-state index contributed by atoms with van der Waals surface area (Å²) in [5.74, 6) is -1.95. The van der Waals surface area contributed by atoms with Gasteiger partial charge in [0.1, 0.15) is 11.9 Å². The van der Waals surface area contributed by atoms with E-state index in [1.807, 2.05) is 0 Å². The van der Waals surface area contributed by atoms with Crippen LogP contribution in [0.25, 0.3) is 0 Å². The Kier molecular flexibility index (Phi) is 5.67. The van der Waals surface area contributed by atoms with Crippen LogP contribution < -0.4 is 5.73 Å². The number of hydrogen-bond donors (Lipinski definition) is 1. The quantitative estimate of drug-likeness (QED) is 0.811. The molecular formula is C16H19FN2O4. The van der Waals surface area contributed by atoms with E-state index in [4.69, 9.17) is 10.5 Å². The summed E-state index contributed by atoms with van der Waals surface area (Å²) in [6.07, 6.45) is 2.11. The Labute approximate surface area is 133 Å². The molecule has 0 aromatic heterocycles. The number of carbonyl (C=O) groups is 3. The molecule has 0 saturated carbocycles. The van der Waals surface area contributed by atoms with Crippen molar-refractivity contribution in [2.24, 2.45) is 5.73 Å². The van der Waals surface area contributed by atoms with Gasteiger partial charge in [-0.1, -0.05) is 12.1 Å². The number of likely N-dealkylation sites (tertiary alicyclic amines) is 1. The minimum absolute atomic E-state index is 0.0488. The first-order valence-corrected chi connectivity index (χ1v) is 7.46. The van der Waals surface area contributed by atoms with Crippen molar-refractivity contribution in [3.8, 4) is 0 Å². The smallest absolute Gasteiger partial charge is 0.310 e. The zero-order chi connectivity index (χ0) is 16.8. The fourth-order valence-corrected chi connectivity index (χ4v) is 2.57. The highest BCUT2D eigenvalue weighted by Crippen LogP contribution is 2.17. The van der Waals surface area contributed by atoms with Gasteiger partial charge in [0.25, 0.3) is 5.91 Å². The summed E-state index contributed by atoms with van der Waals surface area (Å²) in [4.78, 5) is 36.6. The van der Waals surface area contributed by atoms with Gasteiger partial charge in [-0.2, -0.15) is 0 Å². The van der Waals surface area contributed by atoms with E-state index in [0.29, 0.717) is 18.5 Å². The summed E-state index contributed by atoms with van der Waals surface area (Å²) in [5.41, 5.74) is 5.89. The van der Waals surface area contributed by atoms with Gasteiger partial charge in [0, 0.05) is 6.54 Å². The Hall–Kier alpha value is -2.44. The minimum atomic E-state index is -0.632. The highest BCUT2D eigenvalue weighted by molar-refractivity contribution is 5.88. The molecule has 1 heterocycles. The van der Waals surface area contributed by atoms with E-state index in [2.05, 4.69) is 0 Å². The first-order chi connectivity index (χ1) is 11.0. The fourth-order valence-electron chi connectivity index (χ4n) is 2.57. The molecule has 0 bridgehead atoms. The number of piperidine rings is 1. The average Bonchev–Trinajstić information content (AvgIpc) is 2.54. The molecular weight excluding hydrogens is 303 g/mol. The number of hydrogen-bond acceptors (Lipinski definition) is 4. The Morgan fingerprint density at radius 2 is 1.91 bits per heavy atom. The van der Waals surface area contributed by atoms with E-state index < -0.39 is 30.4 Å². The molecule has 1 aromatic carbocycles. The third kappa shape index (κ3) is 4.77. The van der Waals surface area contributed by atoms with Crippen molar-refractivity contribution >= 4 is 17.8 Å². The second-order valence-corrected chi connectivity index (χ2v) is 5.47. The molecule has 1 fully saturated rings. The van der Waals surface area contributed by atoms with Crippen LogP contribution in [0.2, 0.25) is 0 Å². The van der Waals surface area contributed by atoms with E-state index >= 15 is 0 Å². The molecule has 1 aliphatic heterocycles. The number of ether oxygens (including phenoxy) is 1. The molecule has 0 spiro atoms. The normalized spacial score (nSPS) is 17.6. The SMILES string of the molecule is NC(=O)[C@@H]1CCCCN1C(=O)COC(=O)Cc1ccc(F)cc1. The molecule has 0 aliphatic carbocycles. The number of carbonyl (C=O) groups excluding carboxylic acids is 3. The van der Waals surface area contributed by atoms with Gasteiger partial charge in [-0.25, -0.2) is 4.39 Å². The molecule has 0 unspecified atom stereocenters. The van der Waals surface area contributed by atoms with Crippen molar-refractivity contribution in [3.05, 3.63) is 35.6 Å². The lowest BCUT2D eigenvalue weighted by atomic mass is 10.0. The van der Waals surface area contributed by atoms with E-state index in [1.54, 1.807) is 0 Å². The Morgan fingerprint density at radius 3 is 2.57 bits per heavy atom. The van der Waals surface area contributed by atoms with Gasteiger partial charge >= 0.3 is 5.97 Å². The first-order valence-electron chi connectivity index (χ1n) is 7.46. The molecule has 23 heavy (non-hydrogen) atoms. The molecule has 7 heteroatoms. The van der Waals surface area contributed by atoms with E-state index in [1.165, 1.54) is 29.2 Å². The summed E-state index contributed by atoms with van der Waals surface area (Å²) < 4.78 is 17.7. The van der Waals surface area contributed by atoms with Crippen LogP contribution in [0.3, 0.4) is 0 Å². The van der Waals surface area contributed by atoms with Gasteiger partial charge in [-0.3, -0.25) is 14.4 Å². The van der Waals surface area contributed by atoms with E-state index in [-0.39, 0.29) is 12.2 Å². The third-order valence-electron chi connectivity index (χ3n) is 3.77. The molecule has 1 aromatic rings. The third-order valence-corrected chi connectivity index (χ3v) is 3.77. The summed E-state index contributed by atoms with van der Waals surface area (Å²) in [6.45, 7) is 0.00571. The number of primary amides is 1. The van der Waals surface area contributed by atoms with Crippen molar-refractivity contribution < 1.29 is 23.5 Å². The van der Waals surface area contributed by atoms with Gasteiger partial charge in [0.15, 0.2) is 6.61 Å². The van der Waals surface area contributed by atoms with Crippen LogP contribution >= 0.6 is 0 Å². The predicted molar refractivity (Wildman–Crippen MR) is 79.6 cm³/mol. The average molecular weight is 322 g/mol. The van der Waals surface area contributed by atoms with Crippen LogP contribution in [-0.2, 0) is 25.5 Å². The maximum atomic E-state index is 12.8. The highest BCUT2D eigenvalue weighted by Gasteiger charge is 2.30. The number of benzene rings is 1. The van der Waals surface area contributed by atoms with Gasteiger partial charge in [0.2, 0.25) is 5.91 Å². The number of esters is 1. The van der Waals surface area contributed by atoms with E-state index in [9.17, 15) is 18.8 Å². The number of nitrogens with zero attached hydrogens (tertiary/aromatic N) is 1. The molecule has 2 amide bonds. The summed E-state index contributed by atoms with van der Waals surface area (Å²) >= 11 is 0. The van der Waals surface area contributed by atoms with E-state index in [0.717, 1.165) is 12.8 Å². The van der Waals surface area contributed by atoms with Crippen molar-refractivity contribution in [2.45, 2.75) is 31.7 Å². The molecule has 2 rings (SSSR count). The monoisotopic (exact) mass is 322 g/mol. The van der Waals surface area contributed by atoms with Crippen LogP contribution in [-0.4, -0.2) is 41.9 Å². The second-order valence-electron chi connectivity index (χ2n) is 5.47. The number of nitrogens with two attached hydrogens (primary N) is 1. The maximum absolute atomic E-state index is 12.8. The van der Waals surface area contributed by atoms with Crippen molar-refractivity contribution in [2.75, 3.05) is 13.2 Å². The predicted octanol–water partition coefficient (Wildman–Crippen LogP) is 0.778. The minimum Gasteiger partial charge on any atom is -0.455 e. The lowest BCUT2D eigenvalue weighted by molar-refractivity contribution is -0.154. The highest BCUT2D eigenvalue weighted by atomic mass is 19.1. The lowest BCUT2D eigenvalue weighted by Gasteiger charge is -2.33. The van der Waals surface area contributed by atoms with Gasteiger partial charge < -0.3 is 15.4 Å². The number of rotatable bonds is 5. The van der Waals surface area contributed by atoms with Crippen LogP contribution in [0.15, 0.2) is 24.3 Å². The largest absolute Gasteiger partial charge is 0.455 e. The summed E-state index contributed by atoms with van der Waals surface area (Å²) in [5, 5.41) is 0. The molecule has 124 valence electrons. The lowest BCUT2D eigenvalue weighted by Crippen LogP contribution is -2.51. The van der Waals surface area contributed by atoms with Crippen LogP contribution in [0.1, 0.15) is 24.8 Å². The topological polar surface area (TPSA) is 89.7 Å². The molecule has 2 N–H and O–H groups in total. The zero-order valence-electron chi connectivity index (χ0n) is 12.7. The molecule has 0 radical (unpaired) electrons. The Balaban J connectivity index is 1.84. The van der Waals surface area contributed by atoms with Gasteiger partial charge in [-0.05, 0) is 37.0 Å². The first kappa shape index (κ1) is 16.9. The van der Waals surface area contributed by atoms with Crippen LogP contribution in [0.4, 0.5) is 4.39 Å². The molecule has 1 aliphatic rings. The standard InChI is InChI=1S/C16H19FN2O4/c17-12-6-4-11(5-7-12)9-15(21)23-10-14(20)19-8-2-1-3-13(19)16(18)22/h4-7,13H,1-3,8-10H2,(H2,18,22)/t13-/m0/s1. The summed E-state index contributed by atoms with van der Waals surface area (Å²) in [7, 11) is 0. The second kappa shape index (κ2) is 7.71. The molecule has 1 saturated heterocycles. The van der Waals surface area contributed by atoms with Gasteiger partial charge in [-0.15, -0.1) is 0 Å². The van der Waals surface area contributed by atoms with Crippen molar-refractivity contribution in [1.29, 1.82) is 0 Å². The molecule has 6 nitrogen and oxygen atoms in total. The number of amides is 2. The van der Waals surface area contributed by atoms with Crippen molar-refractivity contribution in [1.82, 2.24) is 4.90 Å². The fraction of sp³-hybridized carbons (Fsp3) is 0.438. The summed E-state index contributed by atoms with van der Waals surface area (Å²) in [6, 6.07) is 4.82. The zero-order valence-corrected chi connectivity index (χ0v) is 12.7. The molecule has 1 atom stereocenters. The van der Waals surface area contributed by atoms with Crippen LogP contribution in [0, 0.1) is 5.82 Å². The Morgan fingerprint density at radius 1 is 1.22 bits per heavy atom.